The van der Waals surface area contributed by atoms with Crippen LogP contribution in [0.15, 0.2) is 111 Å². The van der Waals surface area contributed by atoms with Crippen molar-refractivity contribution in [2.45, 2.75) is 38.7 Å². The van der Waals surface area contributed by atoms with Crippen LogP contribution in [0.5, 0.6) is 0 Å². The Balaban J connectivity index is 1.38. The molecule has 1 saturated heterocycles. The Bertz CT molecular complexity index is 2370. The zero-order valence-electron chi connectivity index (χ0n) is 28.2. The maximum absolute atomic E-state index is 13.8. The van der Waals surface area contributed by atoms with Crippen molar-refractivity contribution in [3.05, 3.63) is 125 Å². The van der Waals surface area contributed by atoms with Crippen molar-refractivity contribution in [3.63, 3.8) is 0 Å². The van der Waals surface area contributed by atoms with E-state index in [9.17, 15) is 13.2 Å². The van der Waals surface area contributed by atoms with Crippen LogP contribution >= 0.6 is 0 Å². The summed E-state index contributed by atoms with van der Waals surface area (Å²) in [5, 5.41) is 4.96. The number of carbonyl (C=O) groups excluding carboxylic acids is 1. The van der Waals surface area contributed by atoms with Crippen molar-refractivity contribution in [1.29, 1.82) is 0 Å². The number of para-hydroxylation sites is 2. The lowest BCUT2D eigenvalue weighted by molar-refractivity contribution is -0.142. The molecule has 0 radical (unpaired) electrons. The summed E-state index contributed by atoms with van der Waals surface area (Å²) < 4.78 is 46.9. The van der Waals surface area contributed by atoms with Gasteiger partial charge in [-0.15, -0.1) is 0 Å². The summed E-state index contributed by atoms with van der Waals surface area (Å²) >= 11 is 0. The summed E-state index contributed by atoms with van der Waals surface area (Å²) in [5.41, 5.74) is 9.43. The summed E-state index contributed by atoms with van der Waals surface area (Å²) in [5.74, 6) is -0.143. The second-order valence-electron chi connectivity index (χ2n) is 12.6. The zero-order valence-corrected chi connectivity index (χ0v) is 29.1. The van der Waals surface area contributed by atoms with Gasteiger partial charge in [-0.2, -0.15) is 4.72 Å². The molecule has 3 aliphatic rings. The maximum Gasteiger partial charge on any atom is 0.321 e. The molecular weight excluding hydrogens is 651 g/mol. The van der Waals surface area contributed by atoms with E-state index in [2.05, 4.69) is 36.0 Å². The van der Waals surface area contributed by atoms with E-state index in [4.69, 9.17) is 18.9 Å². The third-order valence-electron chi connectivity index (χ3n) is 8.82. The third-order valence-corrected chi connectivity index (χ3v) is 10.3. The number of hydrogen-bond donors (Lipinski definition) is 2. The first-order valence-electron chi connectivity index (χ1n) is 16.4. The van der Waals surface area contributed by atoms with Crippen LogP contribution in [-0.4, -0.2) is 40.2 Å². The Hall–Kier alpha value is -5.29. The molecule has 1 atom stereocenters. The molecule has 0 spiro atoms. The topological polar surface area (TPSA) is 123 Å². The number of sulfonamides is 1. The first-order valence-corrected chi connectivity index (χ1v) is 17.9. The van der Waals surface area contributed by atoms with Crippen LogP contribution < -0.4 is 15.4 Å². The van der Waals surface area contributed by atoms with Gasteiger partial charge in [0.25, 0.3) is 0 Å². The zero-order chi connectivity index (χ0) is 35.0. The molecule has 2 aliphatic heterocycles. The molecule has 254 valence electrons. The summed E-state index contributed by atoms with van der Waals surface area (Å²) in [4.78, 5) is 17.3. The minimum atomic E-state index is -4.15. The molecule has 50 heavy (non-hydrogen) atoms. The normalized spacial score (nSPS) is 14.6. The number of ether oxygens (including phenoxy) is 2. The van der Waals surface area contributed by atoms with Crippen LogP contribution in [0.2, 0.25) is 0 Å². The molecule has 1 aliphatic carbocycles. The van der Waals surface area contributed by atoms with E-state index >= 15 is 0 Å². The van der Waals surface area contributed by atoms with Gasteiger partial charge in [0, 0.05) is 45.6 Å². The Kier molecular flexibility index (Phi) is 9.00. The molecule has 0 saturated carbocycles. The fraction of sp³-hybridized carbons (Fsp3) is 0.200. The number of benzene rings is 5. The van der Waals surface area contributed by atoms with Gasteiger partial charge >= 0.3 is 5.97 Å². The van der Waals surface area contributed by atoms with Crippen LogP contribution in [0.3, 0.4) is 0 Å². The number of nitrogens with one attached hydrogen (secondary N) is 2. The second kappa shape index (κ2) is 13.5. The molecule has 2 heterocycles. The van der Waals surface area contributed by atoms with Crippen LogP contribution in [0.25, 0.3) is 33.4 Å². The molecule has 7 rings (SSSR count). The lowest BCUT2D eigenvalue weighted by Gasteiger charge is -2.19. The van der Waals surface area contributed by atoms with E-state index in [0.717, 1.165) is 44.7 Å². The minimum Gasteiger partial charge on any atom is -0.462 e. The van der Waals surface area contributed by atoms with Gasteiger partial charge in [0.15, 0.2) is 0 Å². The molecular formula is C40H37N3O6S. The number of aryl methyl sites for hydroxylation is 4. The van der Waals surface area contributed by atoms with E-state index in [1.54, 1.807) is 18.2 Å². The van der Waals surface area contributed by atoms with Crippen molar-refractivity contribution in [2.75, 3.05) is 25.1 Å². The van der Waals surface area contributed by atoms with Gasteiger partial charge < -0.3 is 19.2 Å². The minimum absolute atomic E-state index is 0.0224. The molecule has 10 heteroatoms. The second-order valence-corrected chi connectivity index (χ2v) is 14.3. The largest absolute Gasteiger partial charge is 0.462 e. The number of fused-ring (bicyclic) bond motifs is 2. The Morgan fingerprint density at radius 3 is 2.26 bits per heavy atom. The lowest BCUT2D eigenvalue weighted by atomic mass is 9.93. The van der Waals surface area contributed by atoms with Crippen molar-refractivity contribution in [3.8, 4) is 22.5 Å². The first kappa shape index (κ1) is 33.2. The predicted octanol–water partition coefficient (Wildman–Crippen LogP) is 7.63. The van der Waals surface area contributed by atoms with Crippen LogP contribution in [-0.2, 0) is 24.3 Å². The van der Waals surface area contributed by atoms with Gasteiger partial charge in [-0.25, -0.2) is 13.4 Å². The molecule has 1 unspecified atom stereocenters. The molecule has 0 bridgehead atoms. The molecule has 1 fully saturated rings. The molecule has 0 aromatic heterocycles. The molecule has 9 nitrogen and oxygen atoms in total. The van der Waals surface area contributed by atoms with Crippen molar-refractivity contribution < 1.29 is 27.1 Å². The number of carbonyl (C=O) groups is 1. The summed E-state index contributed by atoms with van der Waals surface area (Å²) in [7, 11) is -4.15. The molecule has 0 amide bonds. The number of nitrogens with zero attached hydrogens (tertiary/aromatic N) is 1. The van der Waals surface area contributed by atoms with Crippen LogP contribution in [0.1, 0.15) is 22.3 Å². The van der Waals surface area contributed by atoms with Crippen molar-refractivity contribution >= 4 is 44.0 Å². The highest BCUT2D eigenvalue weighted by atomic mass is 32.2. The molecule has 2 N–H and O–H groups in total. The van der Waals surface area contributed by atoms with Crippen LogP contribution in [0.4, 0.5) is 17.1 Å². The van der Waals surface area contributed by atoms with E-state index in [1.165, 1.54) is 6.07 Å². The summed E-state index contributed by atoms with van der Waals surface area (Å²) in [6.45, 7) is 8.29. The quantitative estimate of drug-likeness (QED) is 0.0863. The summed E-state index contributed by atoms with van der Waals surface area (Å²) in [6.07, 6.45) is -0.119. The van der Waals surface area contributed by atoms with Crippen molar-refractivity contribution in [2.24, 2.45) is 4.99 Å². The van der Waals surface area contributed by atoms with Gasteiger partial charge in [0.05, 0.1) is 22.5 Å². The SMILES string of the molecule is Cc1cccc(C)c1N=c1ccc2c(-c3ccccc3S(=O)(=O)NCC(=O)OCC3CO3)c3ccc(Nc4c(C)cccc4C)cc3oc-2c1. The fourth-order valence-electron chi connectivity index (χ4n) is 6.12. The highest BCUT2D eigenvalue weighted by Crippen LogP contribution is 2.43. The van der Waals surface area contributed by atoms with Gasteiger partial charge in [-0.3, -0.25) is 4.79 Å². The number of anilines is 2. The third kappa shape index (κ3) is 6.91. The molecule has 4 aromatic rings. The molecule has 4 aromatic carbocycles. The first-order chi connectivity index (χ1) is 24.1. The van der Waals surface area contributed by atoms with E-state index in [-0.39, 0.29) is 17.6 Å². The number of epoxide rings is 1. The monoisotopic (exact) mass is 687 g/mol. The predicted molar refractivity (Wildman–Crippen MR) is 194 cm³/mol. The number of esters is 1. The number of rotatable bonds is 10. The van der Waals surface area contributed by atoms with E-state index in [1.807, 2.05) is 74.5 Å². The average Bonchev–Trinajstić information content (AvgIpc) is 3.93. The Morgan fingerprint density at radius 1 is 0.840 bits per heavy atom. The van der Waals surface area contributed by atoms with E-state index in [0.29, 0.717) is 40.0 Å². The van der Waals surface area contributed by atoms with Crippen LogP contribution in [0, 0.1) is 27.7 Å². The smallest absolute Gasteiger partial charge is 0.321 e. The Labute approximate surface area is 291 Å². The fourth-order valence-corrected chi connectivity index (χ4v) is 7.30. The standard InChI is InChI=1S/C40H37N3O6S/c1-24-9-7-10-25(2)39(24)42-28-15-17-31-34(19-28)49-35-20-29(43-40-26(3)11-8-12-27(40)4)16-18-32(35)38(31)33-13-5-6-14-36(33)50(45,46)41-21-37(44)48-23-30-22-47-30/h5-20,30,41-42H,21-23H2,1-4H3. The van der Waals surface area contributed by atoms with Gasteiger partial charge in [-0.1, -0.05) is 54.6 Å². The van der Waals surface area contributed by atoms with Crippen molar-refractivity contribution in [1.82, 2.24) is 4.72 Å². The average molecular weight is 688 g/mol. The number of hydrogen-bond acceptors (Lipinski definition) is 8. The van der Waals surface area contributed by atoms with E-state index < -0.39 is 22.5 Å². The Morgan fingerprint density at radius 2 is 1.54 bits per heavy atom. The summed E-state index contributed by atoms with van der Waals surface area (Å²) in [6, 6.07) is 30.5. The van der Waals surface area contributed by atoms with Gasteiger partial charge in [0.1, 0.15) is 30.6 Å². The highest BCUT2D eigenvalue weighted by Gasteiger charge is 2.27. The van der Waals surface area contributed by atoms with Gasteiger partial charge in [0.2, 0.25) is 10.0 Å². The highest BCUT2D eigenvalue weighted by molar-refractivity contribution is 7.89. The maximum atomic E-state index is 13.8. The lowest BCUT2D eigenvalue weighted by Crippen LogP contribution is -2.31. The van der Waals surface area contributed by atoms with Gasteiger partial charge in [-0.05, 0) is 80.3 Å².